The molecule has 0 aliphatic carbocycles. The van der Waals surface area contributed by atoms with Crippen LogP contribution in [-0.2, 0) is 0 Å². The summed E-state index contributed by atoms with van der Waals surface area (Å²) in [5.74, 6) is 0.290. The molecule has 98 valence electrons. The van der Waals surface area contributed by atoms with E-state index in [4.69, 9.17) is 5.73 Å². The molecule has 0 fully saturated rings. The van der Waals surface area contributed by atoms with Crippen LogP contribution in [0.25, 0.3) is 0 Å². The molecule has 0 amide bonds. The van der Waals surface area contributed by atoms with Crippen molar-refractivity contribution in [1.82, 2.24) is 0 Å². The predicted molar refractivity (Wildman–Crippen MR) is 65.4 cm³/mol. The molecule has 0 saturated carbocycles. The summed E-state index contributed by atoms with van der Waals surface area (Å²) in [6.07, 6.45) is -5.19. The molecule has 0 aromatic heterocycles. The van der Waals surface area contributed by atoms with Gasteiger partial charge in [0, 0.05) is 6.04 Å². The van der Waals surface area contributed by atoms with E-state index in [1.807, 2.05) is 19.9 Å². The zero-order valence-corrected chi connectivity index (χ0v) is 10.6. The van der Waals surface area contributed by atoms with E-state index >= 15 is 0 Å². The van der Waals surface area contributed by atoms with Gasteiger partial charge in [-0.05, 0) is 17.0 Å². The van der Waals surface area contributed by atoms with Crippen molar-refractivity contribution in [3.63, 3.8) is 0 Å². The highest BCUT2D eigenvalue weighted by atomic mass is 35.5. The Balaban J connectivity index is 0.00000256. The van der Waals surface area contributed by atoms with Crippen molar-refractivity contribution < 1.29 is 13.2 Å². The topological polar surface area (TPSA) is 26.0 Å². The van der Waals surface area contributed by atoms with E-state index in [0.717, 1.165) is 5.56 Å². The quantitative estimate of drug-likeness (QED) is 0.873. The molecule has 0 aliphatic heterocycles. The van der Waals surface area contributed by atoms with Crippen molar-refractivity contribution in [1.29, 1.82) is 0 Å². The van der Waals surface area contributed by atoms with Crippen molar-refractivity contribution in [3.05, 3.63) is 35.4 Å². The number of nitrogens with two attached hydrogens (primary N) is 1. The lowest BCUT2D eigenvalue weighted by molar-refractivity contribution is -0.138. The number of rotatable bonds is 3. The molecule has 0 heterocycles. The summed E-state index contributed by atoms with van der Waals surface area (Å²) >= 11 is 0. The van der Waals surface area contributed by atoms with Crippen molar-refractivity contribution in [2.45, 2.75) is 38.4 Å². The molecule has 2 N–H and O–H groups in total. The second-order valence-corrected chi connectivity index (χ2v) is 4.25. The van der Waals surface area contributed by atoms with Crippen LogP contribution in [0.5, 0.6) is 0 Å². The Morgan fingerprint density at radius 2 is 1.71 bits per heavy atom. The summed E-state index contributed by atoms with van der Waals surface area (Å²) in [5.41, 5.74) is 7.08. The number of hydrogen-bond donors (Lipinski definition) is 1. The molecule has 0 radical (unpaired) electrons. The first-order chi connectivity index (χ1) is 7.29. The first kappa shape index (κ1) is 16.3. The van der Waals surface area contributed by atoms with Gasteiger partial charge in [-0.2, -0.15) is 13.2 Å². The lowest BCUT2D eigenvalue weighted by atomic mass is 9.97. The smallest absolute Gasteiger partial charge is 0.324 e. The number of benzene rings is 1. The van der Waals surface area contributed by atoms with Crippen LogP contribution in [0.4, 0.5) is 13.2 Å². The van der Waals surface area contributed by atoms with Gasteiger partial charge in [0.05, 0.1) is 6.42 Å². The zero-order chi connectivity index (χ0) is 12.3. The molecule has 17 heavy (non-hydrogen) atoms. The van der Waals surface area contributed by atoms with E-state index in [1.165, 1.54) is 0 Å². The molecule has 1 aromatic carbocycles. The Labute approximate surface area is 106 Å². The molecule has 1 rings (SSSR count). The molecule has 0 aliphatic rings. The Bertz CT molecular complexity index is 350. The SMILES string of the molecule is CC(C)c1cccc([C@H](N)CC(F)(F)F)c1.Cl. The van der Waals surface area contributed by atoms with Gasteiger partial charge >= 0.3 is 6.18 Å². The Morgan fingerprint density at radius 1 is 1.18 bits per heavy atom. The van der Waals surface area contributed by atoms with Gasteiger partial charge in [-0.1, -0.05) is 38.1 Å². The summed E-state index contributed by atoms with van der Waals surface area (Å²) < 4.78 is 36.5. The van der Waals surface area contributed by atoms with E-state index in [9.17, 15) is 13.2 Å². The lowest BCUT2D eigenvalue weighted by Gasteiger charge is -2.16. The highest BCUT2D eigenvalue weighted by Crippen LogP contribution is 2.29. The fourth-order valence-corrected chi connectivity index (χ4v) is 1.52. The highest BCUT2D eigenvalue weighted by Gasteiger charge is 2.30. The van der Waals surface area contributed by atoms with Crippen molar-refractivity contribution in [3.8, 4) is 0 Å². The van der Waals surface area contributed by atoms with E-state index in [0.29, 0.717) is 5.56 Å². The average molecular weight is 268 g/mol. The minimum Gasteiger partial charge on any atom is -0.324 e. The standard InChI is InChI=1S/C12H16F3N.ClH/c1-8(2)9-4-3-5-10(6-9)11(16)7-12(13,14)15;/h3-6,8,11H,7,16H2,1-2H3;1H/t11-;/m1./s1. The molecule has 0 saturated heterocycles. The number of halogens is 4. The molecule has 0 spiro atoms. The first-order valence-electron chi connectivity index (χ1n) is 5.22. The predicted octanol–water partition coefficient (Wildman–Crippen LogP) is 4.18. The van der Waals surface area contributed by atoms with Crippen LogP contribution < -0.4 is 5.73 Å². The Hall–Kier alpha value is -0.740. The van der Waals surface area contributed by atoms with E-state index in [2.05, 4.69) is 0 Å². The maximum absolute atomic E-state index is 12.2. The first-order valence-corrected chi connectivity index (χ1v) is 5.22. The van der Waals surface area contributed by atoms with Crippen molar-refractivity contribution in [2.75, 3.05) is 0 Å². The third-order valence-electron chi connectivity index (χ3n) is 2.46. The molecule has 1 aromatic rings. The van der Waals surface area contributed by atoms with Crippen molar-refractivity contribution in [2.24, 2.45) is 5.73 Å². The third-order valence-corrected chi connectivity index (χ3v) is 2.46. The molecule has 0 unspecified atom stereocenters. The zero-order valence-electron chi connectivity index (χ0n) is 9.79. The third kappa shape index (κ3) is 5.41. The van der Waals surface area contributed by atoms with Gasteiger partial charge in [0.2, 0.25) is 0 Å². The maximum atomic E-state index is 12.2. The normalized spacial score (nSPS) is 13.4. The van der Waals surface area contributed by atoms with Gasteiger partial charge in [-0.25, -0.2) is 0 Å². The molecule has 5 heteroatoms. The van der Waals surface area contributed by atoms with Gasteiger partial charge in [0.1, 0.15) is 0 Å². The van der Waals surface area contributed by atoms with Gasteiger partial charge in [-0.3, -0.25) is 0 Å². The van der Waals surface area contributed by atoms with Gasteiger partial charge < -0.3 is 5.73 Å². The Morgan fingerprint density at radius 3 is 2.18 bits per heavy atom. The molecule has 0 bridgehead atoms. The summed E-state index contributed by atoms with van der Waals surface area (Å²) in [7, 11) is 0. The maximum Gasteiger partial charge on any atom is 0.390 e. The fraction of sp³-hybridized carbons (Fsp3) is 0.500. The second-order valence-electron chi connectivity index (χ2n) is 4.25. The van der Waals surface area contributed by atoms with Gasteiger partial charge in [-0.15, -0.1) is 12.4 Å². The summed E-state index contributed by atoms with van der Waals surface area (Å²) in [6, 6.07) is 6.07. The van der Waals surface area contributed by atoms with Crippen LogP contribution in [0.1, 0.15) is 43.4 Å². The summed E-state index contributed by atoms with van der Waals surface area (Å²) in [6.45, 7) is 3.99. The summed E-state index contributed by atoms with van der Waals surface area (Å²) in [4.78, 5) is 0. The molecule has 1 nitrogen and oxygen atoms in total. The van der Waals surface area contributed by atoms with E-state index in [-0.39, 0.29) is 18.3 Å². The highest BCUT2D eigenvalue weighted by molar-refractivity contribution is 5.85. The van der Waals surface area contributed by atoms with Crippen LogP contribution >= 0.6 is 12.4 Å². The van der Waals surface area contributed by atoms with Gasteiger partial charge in [0.15, 0.2) is 0 Å². The molecule has 1 atom stereocenters. The molecular weight excluding hydrogens is 251 g/mol. The largest absolute Gasteiger partial charge is 0.390 e. The minimum absolute atomic E-state index is 0. The fourth-order valence-electron chi connectivity index (χ4n) is 1.52. The lowest BCUT2D eigenvalue weighted by Crippen LogP contribution is -2.20. The van der Waals surface area contributed by atoms with E-state index < -0.39 is 18.6 Å². The van der Waals surface area contributed by atoms with Gasteiger partial charge in [0.25, 0.3) is 0 Å². The van der Waals surface area contributed by atoms with Crippen LogP contribution in [0.3, 0.4) is 0 Å². The van der Waals surface area contributed by atoms with Crippen LogP contribution in [0, 0.1) is 0 Å². The monoisotopic (exact) mass is 267 g/mol. The average Bonchev–Trinajstić information content (AvgIpc) is 2.15. The summed E-state index contributed by atoms with van der Waals surface area (Å²) in [5, 5.41) is 0. The number of hydrogen-bond acceptors (Lipinski definition) is 1. The Kier molecular flexibility index (Phi) is 5.99. The number of alkyl halides is 3. The van der Waals surface area contributed by atoms with E-state index in [1.54, 1.807) is 18.2 Å². The van der Waals surface area contributed by atoms with Crippen LogP contribution in [-0.4, -0.2) is 6.18 Å². The van der Waals surface area contributed by atoms with Crippen molar-refractivity contribution >= 4 is 12.4 Å². The van der Waals surface area contributed by atoms with Crippen LogP contribution in [0.2, 0.25) is 0 Å². The molecular formula is C12H17ClF3N. The second kappa shape index (κ2) is 6.26. The van der Waals surface area contributed by atoms with Crippen LogP contribution in [0.15, 0.2) is 24.3 Å². The minimum atomic E-state index is -4.22.